The first-order chi connectivity index (χ1) is 24.2. The maximum absolute atomic E-state index is 12.4. The summed E-state index contributed by atoms with van der Waals surface area (Å²) in [5.41, 5.74) is 4.61. The number of hydrogen-bond acceptors (Lipinski definition) is 5. The summed E-state index contributed by atoms with van der Waals surface area (Å²) in [7, 11) is 3.57. The molecule has 0 spiro atoms. The lowest BCUT2D eigenvalue weighted by molar-refractivity contribution is -0.132. The van der Waals surface area contributed by atoms with Crippen molar-refractivity contribution in [1.29, 1.82) is 0 Å². The van der Waals surface area contributed by atoms with E-state index < -0.39 is 6.04 Å². The Morgan fingerprint density at radius 1 is 1.02 bits per heavy atom. The molecule has 8 heteroatoms. The Morgan fingerprint density at radius 2 is 1.62 bits per heavy atom. The second-order valence-corrected chi connectivity index (χ2v) is 10.2. The molecule has 0 saturated carbocycles. The van der Waals surface area contributed by atoms with Crippen molar-refractivity contribution < 1.29 is 23.5 Å². The number of benzene rings is 2. The highest BCUT2D eigenvalue weighted by atomic mass is 19.1. The van der Waals surface area contributed by atoms with E-state index in [9.17, 15) is 14.0 Å². The van der Waals surface area contributed by atoms with Crippen LogP contribution in [0.3, 0.4) is 0 Å². The van der Waals surface area contributed by atoms with Crippen LogP contribution in [0.1, 0.15) is 103 Å². The Morgan fingerprint density at radius 3 is 2.08 bits per heavy atom. The van der Waals surface area contributed by atoms with Gasteiger partial charge in [0, 0.05) is 13.1 Å². The lowest BCUT2D eigenvalue weighted by atomic mass is 10.1. The Bertz CT molecular complexity index is 1100. The molecule has 0 aliphatic heterocycles. The van der Waals surface area contributed by atoms with Gasteiger partial charge in [-0.2, -0.15) is 0 Å². The standard InChI is InChI=1S/C13H25N3O2.C13H16O2.C8H9F.3C2H6.C2H2/c1-4-7-12(16(11-17)10-5-2)13(18)15-9-6-8-14-3;1-3-8-15-13-7-4-10-9-11(14-2)5-6-12(10)13;1-6-3-7(2)5-8(9)4-6;4*1-2/h4,11-12,14H,1,5-10H2,2-3H3,(H,15,18);3,5-6,9,13H,1,4,7-8H2,2H3;3-5H,1-2H3;3*1-2H3;1-2H/t12-;13-;;;;;/m01...../s1. The molecule has 7 nitrogen and oxygen atoms in total. The van der Waals surface area contributed by atoms with Crippen molar-refractivity contribution in [3.63, 3.8) is 0 Å². The smallest absolute Gasteiger partial charge is 0.243 e. The predicted octanol–water partition coefficient (Wildman–Crippen LogP) is 9.18. The molecule has 50 heavy (non-hydrogen) atoms. The lowest BCUT2D eigenvalue weighted by Gasteiger charge is -2.26. The van der Waals surface area contributed by atoms with Crippen LogP contribution in [0.4, 0.5) is 4.39 Å². The molecule has 0 fully saturated rings. The van der Waals surface area contributed by atoms with Crippen molar-refractivity contribution in [2.45, 2.75) is 107 Å². The van der Waals surface area contributed by atoms with Crippen molar-refractivity contribution in [3.8, 4) is 18.6 Å². The number of nitrogens with zero attached hydrogens (tertiary/aromatic N) is 1. The topological polar surface area (TPSA) is 79.9 Å². The number of nitrogens with one attached hydrogen (secondary N) is 2. The molecular weight excluding hydrogens is 629 g/mol. The Balaban J connectivity index is -0.000000297. The number of terminal acetylenes is 1. The molecule has 1 aliphatic rings. The van der Waals surface area contributed by atoms with Crippen LogP contribution in [0.25, 0.3) is 0 Å². The number of methoxy groups -OCH3 is 1. The van der Waals surface area contributed by atoms with Crippen LogP contribution in [0.2, 0.25) is 0 Å². The van der Waals surface area contributed by atoms with E-state index >= 15 is 0 Å². The minimum Gasteiger partial charge on any atom is -0.497 e. The van der Waals surface area contributed by atoms with Crippen molar-refractivity contribution in [3.05, 3.63) is 89.8 Å². The van der Waals surface area contributed by atoms with Gasteiger partial charge in [-0.15, -0.1) is 26.0 Å². The van der Waals surface area contributed by atoms with E-state index in [0.29, 0.717) is 26.1 Å². The zero-order chi connectivity index (χ0) is 39.3. The molecule has 0 radical (unpaired) electrons. The summed E-state index contributed by atoms with van der Waals surface area (Å²) in [6.45, 7) is 27.7. The summed E-state index contributed by atoms with van der Waals surface area (Å²) in [6, 6.07) is 10.8. The minimum atomic E-state index is -0.436. The number of ether oxygens (including phenoxy) is 2. The third-order valence-electron chi connectivity index (χ3n) is 6.59. The van der Waals surface area contributed by atoms with Crippen molar-refractivity contribution in [1.82, 2.24) is 15.5 Å². The summed E-state index contributed by atoms with van der Waals surface area (Å²) in [4.78, 5) is 24.5. The van der Waals surface area contributed by atoms with Crippen molar-refractivity contribution >= 4 is 12.3 Å². The first kappa shape index (κ1) is 52.9. The third-order valence-corrected chi connectivity index (χ3v) is 6.59. The maximum Gasteiger partial charge on any atom is 0.243 e. The summed E-state index contributed by atoms with van der Waals surface area (Å²) >= 11 is 0. The largest absolute Gasteiger partial charge is 0.497 e. The molecule has 0 aromatic heterocycles. The number of halogens is 1. The molecule has 0 unspecified atom stereocenters. The lowest BCUT2D eigenvalue weighted by Crippen LogP contribution is -2.46. The highest BCUT2D eigenvalue weighted by Gasteiger charge is 2.23. The van der Waals surface area contributed by atoms with Gasteiger partial charge >= 0.3 is 0 Å². The second kappa shape index (κ2) is 37.9. The van der Waals surface area contributed by atoms with Gasteiger partial charge < -0.3 is 25.0 Å². The monoisotopic (exact) mass is 700 g/mol. The van der Waals surface area contributed by atoms with Crippen LogP contribution in [0, 0.1) is 32.5 Å². The maximum atomic E-state index is 12.4. The highest BCUT2D eigenvalue weighted by molar-refractivity contribution is 5.83. The van der Waals surface area contributed by atoms with Gasteiger partial charge in [0.15, 0.2) is 0 Å². The summed E-state index contributed by atoms with van der Waals surface area (Å²) < 4.78 is 23.3. The molecule has 3 rings (SSSR count). The first-order valence-electron chi connectivity index (χ1n) is 17.9. The number of rotatable bonds is 15. The molecule has 0 bridgehead atoms. The zero-order valence-electron chi connectivity index (χ0n) is 33.2. The van der Waals surface area contributed by atoms with Crippen LogP contribution >= 0.6 is 0 Å². The van der Waals surface area contributed by atoms with Gasteiger partial charge in [0.25, 0.3) is 0 Å². The van der Waals surface area contributed by atoms with Crippen LogP contribution in [0.5, 0.6) is 5.75 Å². The molecule has 2 aromatic carbocycles. The van der Waals surface area contributed by atoms with Crippen molar-refractivity contribution in [2.24, 2.45) is 0 Å². The molecule has 2 atom stereocenters. The number of fused-ring (bicyclic) bond motifs is 1. The Kier molecular flexibility index (Phi) is 40.1. The minimum absolute atomic E-state index is 0.105. The highest BCUT2D eigenvalue weighted by Crippen LogP contribution is 2.35. The van der Waals surface area contributed by atoms with E-state index in [1.165, 1.54) is 28.2 Å². The molecule has 284 valence electrons. The average Bonchev–Trinajstić information content (AvgIpc) is 3.56. The van der Waals surface area contributed by atoms with E-state index in [0.717, 1.165) is 55.5 Å². The van der Waals surface area contributed by atoms with E-state index in [2.05, 4.69) is 48.8 Å². The van der Waals surface area contributed by atoms with Crippen LogP contribution in [-0.4, -0.2) is 63.7 Å². The summed E-state index contributed by atoms with van der Waals surface area (Å²) in [5.74, 6) is 0.678. The van der Waals surface area contributed by atoms with E-state index in [1.807, 2.05) is 81.5 Å². The van der Waals surface area contributed by atoms with Gasteiger partial charge in [-0.3, -0.25) is 9.59 Å². The van der Waals surface area contributed by atoms with Gasteiger partial charge in [0.2, 0.25) is 12.3 Å². The molecule has 2 amide bonds. The Labute approximate surface area is 306 Å². The van der Waals surface area contributed by atoms with Gasteiger partial charge in [-0.05, 0) is 106 Å². The molecule has 2 N–H and O–H groups in total. The van der Waals surface area contributed by atoms with E-state index in [4.69, 9.17) is 9.47 Å². The fourth-order valence-corrected chi connectivity index (χ4v) is 4.64. The summed E-state index contributed by atoms with van der Waals surface area (Å²) in [5, 5.41) is 5.86. The van der Waals surface area contributed by atoms with Crippen molar-refractivity contribution in [2.75, 3.05) is 40.4 Å². The summed E-state index contributed by atoms with van der Waals surface area (Å²) in [6.07, 6.45) is 16.8. The predicted molar refractivity (Wildman–Crippen MR) is 213 cm³/mol. The molecule has 2 aromatic rings. The third kappa shape index (κ3) is 24.2. The van der Waals surface area contributed by atoms with Gasteiger partial charge in [0.05, 0.1) is 19.8 Å². The quantitative estimate of drug-likeness (QED) is 0.0839. The van der Waals surface area contributed by atoms with Crippen LogP contribution < -0.4 is 15.4 Å². The van der Waals surface area contributed by atoms with Gasteiger partial charge in [-0.25, -0.2) is 4.39 Å². The van der Waals surface area contributed by atoms with Crippen LogP contribution in [0.15, 0.2) is 61.7 Å². The first-order valence-corrected chi connectivity index (χ1v) is 17.9. The van der Waals surface area contributed by atoms with E-state index in [-0.39, 0.29) is 17.8 Å². The number of carbonyl (C=O) groups is 2. The Hall–Kier alpha value is -3.93. The molecule has 1 aliphatic carbocycles. The number of amides is 2. The second-order valence-electron chi connectivity index (χ2n) is 10.2. The zero-order valence-corrected chi connectivity index (χ0v) is 33.2. The molecule has 0 saturated heterocycles. The fourth-order valence-electron chi connectivity index (χ4n) is 4.64. The van der Waals surface area contributed by atoms with Gasteiger partial charge in [0.1, 0.15) is 17.6 Å². The average molecular weight is 700 g/mol. The number of carbonyl (C=O) groups excluding carboxylic acids is 2. The van der Waals surface area contributed by atoms with Crippen LogP contribution in [-0.2, 0) is 20.7 Å². The SMILES string of the molecule is C#C.C=CCO[C@@H]1CCc2cc(OC)ccc21.C=CC[C@@H](C(=O)NCCCNC)N(C=O)CCC.CC.CC.CC.Cc1cc(C)cc(F)c1. The number of hydrogen-bond donors (Lipinski definition) is 2. The normalized spacial score (nSPS) is 11.9. The van der Waals surface area contributed by atoms with E-state index in [1.54, 1.807) is 19.3 Å². The fraction of sp³-hybridized carbons (Fsp3) is 0.524. The van der Waals surface area contributed by atoms with Gasteiger partial charge in [-0.1, -0.05) is 72.8 Å². The molecule has 0 heterocycles. The molecular formula is C42H70FN3O4. The number of aryl methyl sites for hydroxylation is 3.